The van der Waals surface area contributed by atoms with Crippen molar-refractivity contribution in [3.63, 3.8) is 0 Å². The standard InChI is InChI=1S/C26H38O7/c1-8-9-18(28)33-23-14(3)12-26(31)20(23)22(32-16(5)27)13(2)10-11-17-19(25(17,6)7)21(29)15(4)24(26)30/h14,17,19-20,22-23,30-31H,2,8-12H2,1,3-7H3/b24-15-/t14-,17-,19-,20-,22-,23-,26+/m0/s1. The average Bonchev–Trinajstić information content (AvgIpc) is 3.17. The van der Waals surface area contributed by atoms with Crippen molar-refractivity contribution in [3.8, 4) is 0 Å². The number of allylic oxidation sites excluding steroid dienone is 1. The molecule has 0 bridgehead atoms. The van der Waals surface area contributed by atoms with E-state index in [-0.39, 0.29) is 47.4 Å². The number of fused-ring (bicyclic) bond motifs is 2. The van der Waals surface area contributed by atoms with Crippen molar-refractivity contribution in [1.82, 2.24) is 0 Å². The molecule has 0 saturated heterocycles. The first-order valence-corrected chi connectivity index (χ1v) is 12.0. The molecule has 0 unspecified atom stereocenters. The number of carbonyl (C=O) groups is 3. The second-order valence-electron chi connectivity index (χ2n) is 10.8. The lowest BCUT2D eigenvalue weighted by atomic mass is 9.78. The second-order valence-corrected chi connectivity index (χ2v) is 10.8. The minimum atomic E-state index is -1.90. The molecule has 33 heavy (non-hydrogen) atoms. The van der Waals surface area contributed by atoms with Crippen molar-refractivity contribution in [2.75, 3.05) is 0 Å². The van der Waals surface area contributed by atoms with E-state index in [9.17, 15) is 24.6 Å². The van der Waals surface area contributed by atoms with E-state index in [4.69, 9.17) is 9.47 Å². The van der Waals surface area contributed by atoms with Gasteiger partial charge in [-0.2, -0.15) is 0 Å². The van der Waals surface area contributed by atoms with Gasteiger partial charge >= 0.3 is 11.9 Å². The summed E-state index contributed by atoms with van der Waals surface area (Å²) in [5, 5.41) is 23.2. The maximum absolute atomic E-state index is 13.3. The van der Waals surface area contributed by atoms with Crippen LogP contribution in [0, 0.1) is 29.1 Å². The number of esters is 2. The first kappa shape index (κ1) is 25.5. The van der Waals surface area contributed by atoms with Gasteiger partial charge in [-0.1, -0.05) is 34.3 Å². The van der Waals surface area contributed by atoms with Gasteiger partial charge in [0.05, 0.1) is 5.92 Å². The minimum absolute atomic E-state index is 0.0563. The molecule has 7 nitrogen and oxygen atoms in total. The summed E-state index contributed by atoms with van der Waals surface area (Å²) >= 11 is 0. The van der Waals surface area contributed by atoms with E-state index < -0.39 is 41.4 Å². The van der Waals surface area contributed by atoms with Gasteiger partial charge in [0.1, 0.15) is 23.6 Å². The Morgan fingerprint density at radius 2 is 1.88 bits per heavy atom. The van der Waals surface area contributed by atoms with Crippen LogP contribution in [0.15, 0.2) is 23.5 Å². The van der Waals surface area contributed by atoms with E-state index in [2.05, 4.69) is 6.58 Å². The molecule has 2 fully saturated rings. The molecule has 2 saturated carbocycles. The van der Waals surface area contributed by atoms with Crippen molar-refractivity contribution in [3.05, 3.63) is 23.5 Å². The topological polar surface area (TPSA) is 110 Å². The maximum atomic E-state index is 13.3. The van der Waals surface area contributed by atoms with Gasteiger partial charge in [-0.15, -0.1) is 0 Å². The van der Waals surface area contributed by atoms with Gasteiger partial charge in [0.2, 0.25) is 0 Å². The molecule has 184 valence electrons. The molecule has 0 aromatic carbocycles. The van der Waals surface area contributed by atoms with Gasteiger partial charge in [0.25, 0.3) is 0 Å². The van der Waals surface area contributed by atoms with Crippen LogP contribution in [0.1, 0.15) is 73.6 Å². The minimum Gasteiger partial charge on any atom is -0.509 e. The zero-order valence-electron chi connectivity index (χ0n) is 20.6. The summed E-state index contributed by atoms with van der Waals surface area (Å²) in [4.78, 5) is 37.8. The van der Waals surface area contributed by atoms with Crippen molar-refractivity contribution >= 4 is 17.7 Å². The number of aliphatic hydroxyl groups is 2. The van der Waals surface area contributed by atoms with E-state index in [1.165, 1.54) is 13.8 Å². The molecular weight excluding hydrogens is 424 g/mol. The molecule has 0 aliphatic heterocycles. The number of carbonyl (C=O) groups excluding carboxylic acids is 3. The predicted octanol–water partition coefficient (Wildman–Crippen LogP) is 4.04. The zero-order valence-corrected chi connectivity index (χ0v) is 20.6. The molecule has 7 atom stereocenters. The molecular formula is C26H38O7. The van der Waals surface area contributed by atoms with Crippen LogP contribution in [0.3, 0.4) is 0 Å². The number of rotatable bonds is 4. The highest BCUT2D eigenvalue weighted by molar-refractivity contribution is 6.00. The van der Waals surface area contributed by atoms with Crippen LogP contribution in [0.2, 0.25) is 0 Å². The SMILES string of the molecule is C=C1CC[C@H]2[C@@H](C(=O)/C(C)=C(\O)[C@@]3(O)C[C@H](C)[C@H](OC(=O)CCC)[C@@H]3[C@H]1OC(C)=O)C2(C)C. The summed E-state index contributed by atoms with van der Waals surface area (Å²) in [5.74, 6) is -3.04. The van der Waals surface area contributed by atoms with E-state index >= 15 is 0 Å². The Morgan fingerprint density at radius 3 is 2.45 bits per heavy atom. The van der Waals surface area contributed by atoms with Crippen LogP contribution >= 0.6 is 0 Å². The Kier molecular flexibility index (Phi) is 6.87. The lowest BCUT2D eigenvalue weighted by molar-refractivity contribution is -0.166. The lowest BCUT2D eigenvalue weighted by Crippen LogP contribution is -2.49. The second kappa shape index (κ2) is 8.90. The fraction of sp³-hybridized carbons (Fsp3) is 0.731. The molecule has 2 N–H and O–H groups in total. The predicted molar refractivity (Wildman–Crippen MR) is 122 cm³/mol. The highest BCUT2D eigenvalue weighted by Gasteiger charge is 2.64. The van der Waals surface area contributed by atoms with E-state index in [0.717, 1.165) is 0 Å². The molecule has 0 radical (unpaired) electrons. The molecule has 7 heteroatoms. The number of hydrogen-bond acceptors (Lipinski definition) is 7. The van der Waals surface area contributed by atoms with Crippen LogP contribution in [0.25, 0.3) is 0 Å². The summed E-state index contributed by atoms with van der Waals surface area (Å²) < 4.78 is 11.5. The molecule has 0 amide bonds. The number of ether oxygens (including phenoxy) is 2. The third kappa shape index (κ3) is 4.36. The number of hydrogen-bond donors (Lipinski definition) is 2. The van der Waals surface area contributed by atoms with Gasteiger partial charge in [-0.05, 0) is 55.4 Å². The summed E-state index contributed by atoms with van der Waals surface area (Å²) in [6, 6.07) is 0. The Morgan fingerprint density at radius 1 is 1.24 bits per heavy atom. The van der Waals surface area contributed by atoms with Crippen LogP contribution in [0.4, 0.5) is 0 Å². The quantitative estimate of drug-likeness (QED) is 0.479. The third-order valence-electron chi connectivity index (χ3n) is 8.09. The first-order valence-electron chi connectivity index (χ1n) is 12.0. The van der Waals surface area contributed by atoms with E-state index in [0.29, 0.717) is 24.8 Å². The highest BCUT2D eigenvalue weighted by Crippen LogP contribution is 2.62. The molecule has 3 aliphatic rings. The fourth-order valence-corrected chi connectivity index (χ4v) is 6.20. The summed E-state index contributed by atoms with van der Waals surface area (Å²) in [7, 11) is 0. The zero-order chi connectivity index (χ0) is 24.9. The Bertz CT molecular complexity index is 885. The average molecular weight is 463 g/mol. The smallest absolute Gasteiger partial charge is 0.306 e. The summed E-state index contributed by atoms with van der Waals surface area (Å²) in [6.07, 6.45) is 0.256. The Balaban J connectivity index is 2.15. The fourth-order valence-electron chi connectivity index (χ4n) is 6.20. The van der Waals surface area contributed by atoms with Gasteiger partial charge in [0, 0.05) is 24.8 Å². The van der Waals surface area contributed by atoms with Crippen LogP contribution in [0.5, 0.6) is 0 Å². The highest BCUT2D eigenvalue weighted by atomic mass is 16.6. The van der Waals surface area contributed by atoms with E-state index in [1.54, 1.807) is 0 Å². The van der Waals surface area contributed by atoms with E-state index in [1.807, 2.05) is 27.7 Å². The number of Topliss-reactive ketones (excluding diaryl/α,β-unsaturated/α-hetero) is 1. The largest absolute Gasteiger partial charge is 0.509 e. The maximum Gasteiger partial charge on any atom is 0.306 e. The van der Waals surface area contributed by atoms with Crippen molar-refractivity contribution < 1.29 is 34.1 Å². The lowest BCUT2D eigenvalue weighted by Gasteiger charge is -2.38. The van der Waals surface area contributed by atoms with Crippen molar-refractivity contribution in [1.29, 1.82) is 0 Å². The van der Waals surface area contributed by atoms with Crippen molar-refractivity contribution in [2.45, 2.75) is 91.5 Å². The molecule has 3 aliphatic carbocycles. The Labute approximate surface area is 196 Å². The van der Waals surface area contributed by atoms with Crippen LogP contribution < -0.4 is 0 Å². The first-order chi connectivity index (χ1) is 15.3. The third-order valence-corrected chi connectivity index (χ3v) is 8.09. The van der Waals surface area contributed by atoms with Crippen molar-refractivity contribution in [2.24, 2.45) is 29.1 Å². The monoisotopic (exact) mass is 462 g/mol. The molecule has 3 rings (SSSR count). The van der Waals surface area contributed by atoms with Crippen LogP contribution in [-0.4, -0.2) is 45.7 Å². The summed E-state index contributed by atoms with van der Waals surface area (Å²) in [6.45, 7) is 14.7. The van der Waals surface area contributed by atoms with Gasteiger partial charge in [-0.3, -0.25) is 14.4 Å². The van der Waals surface area contributed by atoms with Crippen LogP contribution in [-0.2, 0) is 23.9 Å². The summed E-state index contributed by atoms with van der Waals surface area (Å²) in [5.41, 5.74) is -1.43. The normalized spacial score (nSPS) is 40.3. The van der Waals surface area contributed by atoms with Gasteiger partial charge < -0.3 is 19.7 Å². The molecule has 0 heterocycles. The molecule has 0 aromatic heterocycles. The Hall–Kier alpha value is -2.15. The van der Waals surface area contributed by atoms with Gasteiger partial charge in [-0.25, -0.2) is 0 Å². The van der Waals surface area contributed by atoms with Gasteiger partial charge in [0.15, 0.2) is 5.78 Å². The number of ketones is 1. The molecule has 0 aromatic rings. The molecule has 0 spiro atoms. The number of aliphatic hydroxyl groups excluding tert-OH is 1.